The molecule has 0 atom stereocenters. The third kappa shape index (κ3) is 3.54. The summed E-state index contributed by atoms with van der Waals surface area (Å²) in [5.41, 5.74) is 7.61. The molecule has 8 heteroatoms. The minimum Gasteiger partial charge on any atom is -0.491 e. The van der Waals surface area contributed by atoms with Crippen molar-refractivity contribution in [3.05, 3.63) is 35.5 Å². The maximum atomic E-state index is 11.5. The molecule has 1 amide bonds. The zero-order valence-electron chi connectivity index (χ0n) is 13.8. The minimum absolute atomic E-state index is 0.218. The zero-order chi connectivity index (χ0) is 17.8. The number of hydrogen-bond acceptors (Lipinski definition) is 7. The smallest absolute Gasteiger partial charge is 0.277 e. The van der Waals surface area contributed by atoms with E-state index in [9.17, 15) is 4.79 Å². The Morgan fingerprint density at radius 2 is 2.12 bits per heavy atom. The van der Waals surface area contributed by atoms with Gasteiger partial charge in [0.05, 0.1) is 18.4 Å². The lowest BCUT2D eigenvalue weighted by molar-refractivity contribution is 0.1000. The van der Waals surface area contributed by atoms with Gasteiger partial charge in [-0.25, -0.2) is 9.97 Å². The van der Waals surface area contributed by atoms with E-state index >= 15 is 0 Å². The van der Waals surface area contributed by atoms with Crippen molar-refractivity contribution in [1.29, 1.82) is 0 Å². The van der Waals surface area contributed by atoms with E-state index in [2.05, 4.69) is 9.97 Å². The number of ether oxygens (including phenoxy) is 3. The summed E-state index contributed by atoms with van der Waals surface area (Å²) in [6, 6.07) is 7.61. The molecule has 0 aliphatic rings. The lowest BCUT2D eigenvalue weighted by Crippen LogP contribution is -2.09. The number of rotatable bonds is 7. The maximum Gasteiger partial charge on any atom is 0.277 e. The van der Waals surface area contributed by atoms with E-state index in [1.54, 1.807) is 13.3 Å². The number of hydrogen-bond donors (Lipinski definition) is 1. The standard InChI is InChI=1S/C17H17N3O4S/c1-22-6-7-24-11-5-3-4-10(8-11)12-9-19-16(23-2)13-14(12)25-17(20-13)15(18)21/h3-5,8-9H,6-7H2,1-2H3,(H2,18,21). The Kier molecular flexibility index (Phi) is 5.11. The van der Waals surface area contributed by atoms with Crippen LogP contribution in [0.25, 0.3) is 21.3 Å². The molecule has 0 spiro atoms. The van der Waals surface area contributed by atoms with Gasteiger partial charge in [-0.05, 0) is 17.7 Å². The molecule has 0 saturated carbocycles. The number of nitrogens with zero attached hydrogens (tertiary/aromatic N) is 2. The van der Waals surface area contributed by atoms with E-state index in [1.807, 2.05) is 24.3 Å². The molecule has 0 unspecified atom stereocenters. The fraction of sp³-hybridized carbons (Fsp3) is 0.235. The summed E-state index contributed by atoms with van der Waals surface area (Å²) in [6.07, 6.45) is 1.69. The van der Waals surface area contributed by atoms with E-state index in [-0.39, 0.29) is 5.01 Å². The van der Waals surface area contributed by atoms with Crippen LogP contribution in [-0.2, 0) is 4.74 Å². The molecule has 0 aliphatic carbocycles. The fourth-order valence-corrected chi connectivity index (χ4v) is 3.29. The number of benzene rings is 1. The molecule has 3 aromatic rings. The first-order chi connectivity index (χ1) is 12.1. The number of methoxy groups -OCH3 is 2. The molecule has 2 N–H and O–H groups in total. The summed E-state index contributed by atoms with van der Waals surface area (Å²) in [5.74, 6) is 0.499. The molecule has 2 heterocycles. The number of fused-ring (bicyclic) bond motifs is 1. The molecule has 7 nitrogen and oxygen atoms in total. The number of aromatic nitrogens is 2. The average Bonchev–Trinajstić information content (AvgIpc) is 3.07. The van der Waals surface area contributed by atoms with Crippen molar-refractivity contribution in [2.45, 2.75) is 0 Å². The van der Waals surface area contributed by atoms with Crippen LogP contribution in [0.3, 0.4) is 0 Å². The van der Waals surface area contributed by atoms with Crippen LogP contribution in [0.15, 0.2) is 30.5 Å². The van der Waals surface area contributed by atoms with E-state index in [4.69, 9.17) is 19.9 Å². The molecule has 130 valence electrons. The normalized spacial score (nSPS) is 10.8. The monoisotopic (exact) mass is 359 g/mol. The van der Waals surface area contributed by atoms with Gasteiger partial charge in [0.25, 0.3) is 5.91 Å². The van der Waals surface area contributed by atoms with Crippen LogP contribution in [0.2, 0.25) is 0 Å². The van der Waals surface area contributed by atoms with Gasteiger partial charge < -0.3 is 19.9 Å². The molecular weight excluding hydrogens is 342 g/mol. The molecule has 25 heavy (non-hydrogen) atoms. The minimum atomic E-state index is -0.578. The summed E-state index contributed by atoms with van der Waals surface area (Å²) in [7, 11) is 3.13. The van der Waals surface area contributed by atoms with Crippen molar-refractivity contribution in [2.24, 2.45) is 5.73 Å². The van der Waals surface area contributed by atoms with Gasteiger partial charge in [-0.15, -0.1) is 11.3 Å². The molecule has 0 fully saturated rings. The SMILES string of the molecule is COCCOc1cccc(-c2cnc(OC)c3nc(C(N)=O)sc23)c1. The van der Waals surface area contributed by atoms with Gasteiger partial charge in [0.2, 0.25) is 5.88 Å². The third-order valence-corrected chi connectivity index (χ3v) is 4.59. The van der Waals surface area contributed by atoms with E-state index < -0.39 is 5.91 Å². The van der Waals surface area contributed by atoms with Crippen molar-refractivity contribution >= 4 is 27.5 Å². The van der Waals surface area contributed by atoms with Gasteiger partial charge in [0.1, 0.15) is 17.9 Å². The first-order valence-electron chi connectivity index (χ1n) is 7.49. The first-order valence-corrected chi connectivity index (χ1v) is 8.31. The maximum absolute atomic E-state index is 11.5. The van der Waals surface area contributed by atoms with Crippen molar-refractivity contribution in [3.8, 4) is 22.8 Å². The number of amides is 1. The van der Waals surface area contributed by atoms with E-state index in [1.165, 1.54) is 18.4 Å². The Morgan fingerprint density at radius 3 is 2.84 bits per heavy atom. The predicted molar refractivity (Wildman–Crippen MR) is 95.3 cm³/mol. The third-order valence-electron chi connectivity index (χ3n) is 3.49. The second-order valence-corrected chi connectivity index (χ2v) is 6.11. The van der Waals surface area contributed by atoms with Gasteiger partial charge in [-0.3, -0.25) is 4.79 Å². The van der Waals surface area contributed by atoms with Crippen molar-refractivity contribution in [3.63, 3.8) is 0 Å². The fourth-order valence-electron chi connectivity index (χ4n) is 2.35. The second kappa shape index (κ2) is 7.45. The molecule has 1 aromatic carbocycles. The number of carbonyl (C=O) groups excluding carboxylic acids is 1. The Morgan fingerprint density at radius 1 is 1.28 bits per heavy atom. The lowest BCUT2D eigenvalue weighted by atomic mass is 10.1. The number of thiazole rings is 1. The Balaban J connectivity index is 2.06. The van der Waals surface area contributed by atoms with Crippen molar-refractivity contribution < 1.29 is 19.0 Å². The first kappa shape index (κ1) is 17.1. The van der Waals surface area contributed by atoms with Gasteiger partial charge in [-0.2, -0.15) is 0 Å². The summed E-state index contributed by atoms with van der Waals surface area (Å²) in [6.45, 7) is 0.970. The van der Waals surface area contributed by atoms with Crippen molar-refractivity contribution in [2.75, 3.05) is 27.4 Å². The zero-order valence-corrected chi connectivity index (χ0v) is 14.6. The Labute approximate surface area is 148 Å². The summed E-state index contributed by atoms with van der Waals surface area (Å²) in [4.78, 5) is 20.0. The number of primary amides is 1. The Bertz CT molecular complexity index is 910. The number of nitrogens with two attached hydrogens (primary N) is 1. The van der Waals surface area contributed by atoms with Gasteiger partial charge in [-0.1, -0.05) is 12.1 Å². The molecular formula is C17H17N3O4S. The lowest BCUT2D eigenvalue weighted by Gasteiger charge is -2.09. The highest BCUT2D eigenvalue weighted by Crippen LogP contribution is 2.37. The van der Waals surface area contributed by atoms with Crippen LogP contribution in [0.5, 0.6) is 11.6 Å². The van der Waals surface area contributed by atoms with Crippen LogP contribution < -0.4 is 15.2 Å². The summed E-state index contributed by atoms with van der Waals surface area (Å²) in [5, 5.41) is 0.218. The van der Waals surface area contributed by atoms with Crippen LogP contribution in [0.4, 0.5) is 0 Å². The van der Waals surface area contributed by atoms with E-state index in [0.717, 1.165) is 21.6 Å². The Hall–Kier alpha value is -2.71. The van der Waals surface area contributed by atoms with Crippen LogP contribution in [0, 0.1) is 0 Å². The largest absolute Gasteiger partial charge is 0.491 e. The molecule has 0 aliphatic heterocycles. The van der Waals surface area contributed by atoms with Crippen LogP contribution >= 0.6 is 11.3 Å². The number of carbonyl (C=O) groups is 1. The van der Waals surface area contributed by atoms with Crippen LogP contribution in [0.1, 0.15) is 9.80 Å². The molecule has 0 radical (unpaired) electrons. The topological polar surface area (TPSA) is 96.6 Å². The molecule has 0 bridgehead atoms. The van der Waals surface area contributed by atoms with Gasteiger partial charge >= 0.3 is 0 Å². The molecule has 2 aromatic heterocycles. The van der Waals surface area contributed by atoms with Gasteiger partial charge in [0, 0.05) is 18.9 Å². The van der Waals surface area contributed by atoms with Gasteiger partial charge in [0.15, 0.2) is 5.01 Å². The van der Waals surface area contributed by atoms with E-state index in [0.29, 0.717) is 24.6 Å². The average molecular weight is 359 g/mol. The quantitative estimate of drug-likeness (QED) is 0.651. The molecule has 3 rings (SSSR count). The highest BCUT2D eigenvalue weighted by molar-refractivity contribution is 7.20. The summed E-state index contributed by atoms with van der Waals surface area (Å²) < 4.78 is 16.7. The van der Waals surface area contributed by atoms with Crippen LogP contribution in [-0.4, -0.2) is 43.3 Å². The number of pyridine rings is 1. The second-order valence-electron chi connectivity index (χ2n) is 5.11. The summed E-state index contributed by atoms with van der Waals surface area (Å²) >= 11 is 1.22. The highest BCUT2D eigenvalue weighted by Gasteiger charge is 2.18. The highest BCUT2D eigenvalue weighted by atomic mass is 32.1. The van der Waals surface area contributed by atoms with Crippen molar-refractivity contribution in [1.82, 2.24) is 9.97 Å². The molecule has 0 saturated heterocycles. The predicted octanol–water partition coefficient (Wildman–Crippen LogP) is 2.49.